The number of nitro benzene ring substituents is 1. The normalized spacial score (nSPS) is 18.7. The predicted octanol–water partition coefficient (Wildman–Crippen LogP) is 8.77. The number of anilines is 2. The van der Waals surface area contributed by atoms with Gasteiger partial charge < -0.3 is 34.5 Å². The molecule has 2 aromatic heterocycles. The van der Waals surface area contributed by atoms with Crippen LogP contribution in [-0.4, -0.2) is 140 Å². The van der Waals surface area contributed by atoms with Crippen LogP contribution in [0.2, 0.25) is 5.02 Å². The minimum Gasteiger partial charge on any atom is -0.455 e. The molecule has 5 aliphatic rings. The number of pyridine rings is 1. The standard InChI is InChI=1S/C63H67ClN10O10S/c1-63(2)21-17-45(53(36-63)43-6-8-47(64)9-7-43)39-71-25-27-72(28-26-71)48-10-13-52(57(34-48)84-49-33-44-18-22-65-59(44)67-38-49)60(76)69-85(81,82)50-11-14-54(56(35-50)74(79)80)66-37-42-19-23-70(24-20-42)29-31-83-30-3-4-41-5-12-51-46(32-41)40-73(62(51)78)55-15-16-58(75)68-61(55)77/h5-14,18,22,32-35,38,42,55,66H,15-17,19-21,23-31,36-37,39-40H2,1-2H3,(H,65,67)(H,69,76)(H,68,75,77). The van der Waals surface area contributed by atoms with Gasteiger partial charge in [0, 0.05) is 104 Å². The lowest BCUT2D eigenvalue weighted by Crippen LogP contribution is -2.52. The summed E-state index contributed by atoms with van der Waals surface area (Å²) in [6.07, 6.45) is 8.56. The minimum atomic E-state index is -4.63. The van der Waals surface area contributed by atoms with Gasteiger partial charge in [-0.25, -0.2) is 18.1 Å². The zero-order chi connectivity index (χ0) is 59.4. The molecule has 1 aliphatic carbocycles. The Balaban J connectivity index is 0.673. The number of piperazine rings is 1. The first kappa shape index (κ1) is 58.6. The zero-order valence-corrected chi connectivity index (χ0v) is 49.0. The number of nitro groups is 1. The Morgan fingerprint density at radius 3 is 2.49 bits per heavy atom. The number of sulfonamides is 1. The number of aromatic nitrogens is 2. The van der Waals surface area contributed by atoms with Gasteiger partial charge >= 0.3 is 0 Å². The van der Waals surface area contributed by atoms with Crippen LogP contribution in [0.3, 0.4) is 0 Å². The first-order valence-electron chi connectivity index (χ1n) is 28.8. The zero-order valence-electron chi connectivity index (χ0n) is 47.5. The van der Waals surface area contributed by atoms with Gasteiger partial charge in [0.05, 0.1) is 28.2 Å². The number of imide groups is 1. The van der Waals surface area contributed by atoms with Crippen LogP contribution in [0, 0.1) is 33.3 Å². The van der Waals surface area contributed by atoms with Crippen molar-refractivity contribution in [1.82, 2.24) is 34.7 Å². The number of ether oxygens (including phenoxy) is 2. The van der Waals surface area contributed by atoms with E-state index in [1.807, 2.05) is 24.3 Å². The van der Waals surface area contributed by atoms with E-state index in [1.165, 1.54) is 46.0 Å². The van der Waals surface area contributed by atoms with Gasteiger partial charge in [0.1, 0.15) is 35.5 Å². The summed E-state index contributed by atoms with van der Waals surface area (Å²) in [6, 6.07) is 25.0. The predicted molar refractivity (Wildman–Crippen MR) is 323 cm³/mol. The van der Waals surface area contributed by atoms with Gasteiger partial charge in [-0.15, -0.1) is 0 Å². The molecule has 442 valence electrons. The van der Waals surface area contributed by atoms with Crippen molar-refractivity contribution in [3.05, 3.63) is 152 Å². The van der Waals surface area contributed by atoms with Crippen LogP contribution >= 0.6 is 11.6 Å². The number of nitrogens with zero attached hydrogens (tertiary/aromatic N) is 6. The van der Waals surface area contributed by atoms with Crippen LogP contribution < -0.4 is 25.0 Å². The van der Waals surface area contributed by atoms with Crippen molar-refractivity contribution in [2.75, 3.05) is 82.3 Å². The highest BCUT2D eigenvalue weighted by atomic mass is 35.5. The molecule has 4 amide bonds. The van der Waals surface area contributed by atoms with Crippen molar-refractivity contribution in [2.24, 2.45) is 11.3 Å². The maximum atomic E-state index is 14.1. The molecule has 11 rings (SSSR count). The molecule has 4 aromatic carbocycles. The lowest BCUT2D eigenvalue weighted by Gasteiger charge is -2.39. The number of hydrogen-bond acceptors (Lipinski definition) is 15. The average Bonchev–Trinajstić information content (AvgIpc) is 4.34. The summed E-state index contributed by atoms with van der Waals surface area (Å²) in [5.74, 6) is 4.77. The summed E-state index contributed by atoms with van der Waals surface area (Å²) < 4.78 is 42.2. The summed E-state index contributed by atoms with van der Waals surface area (Å²) in [6.45, 7) is 12.2. The average molecular weight is 1190 g/mol. The number of rotatable bonds is 18. The van der Waals surface area contributed by atoms with Gasteiger partial charge in [0.2, 0.25) is 11.8 Å². The number of hydrogen-bond donors (Lipinski definition) is 4. The van der Waals surface area contributed by atoms with Gasteiger partial charge in [-0.05, 0) is 146 Å². The number of fused-ring (bicyclic) bond motifs is 2. The van der Waals surface area contributed by atoms with Crippen molar-refractivity contribution < 1.29 is 42.0 Å². The number of aromatic amines is 1. The SMILES string of the molecule is CC1(C)CCC(CN2CCN(c3ccc(C(=O)NS(=O)(=O)c4ccc(NCC5CCN(CCOCC#Cc6ccc7c(c6)CN(C6CCC(=O)NC6=O)C7=O)CC5)c([N+](=O)[O-])c4)c(Oc4cnc5[nH]ccc5c4)c3)CC2)=C(c2ccc(Cl)cc2)C1. The van der Waals surface area contributed by atoms with Gasteiger partial charge in [-0.3, -0.25) is 39.5 Å². The van der Waals surface area contributed by atoms with Gasteiger partial charge in [0.15, 0.2) is 0 Å². The topological polar surface area (TPSA) is 242 Å². The fourth-order valence-electron chi connectivity index (χ4n) is 12.0. The number of amides is 4. The number of H-pyrrole nitrogens is 1. The Kier molecular flexibility index (Phi) is 17.4. The quantitative estimate of drug-likeness (QED) is 0.0207. The molecular weight excluding hydrogens is 1120 g/mol. The van der Waals surface area contributed by atoms with E-state index in [4.69, 9.17) is 21.1 Å². The Labute approximate surface area is 498 Å². The summed E-state index contributed by atoms with van der Waals surface area (Å²) in [5, 5.41) is 19.4. The second kappa shape index (κ2) is 25.2. The van der Waals surface area contributed by atoms with E-state index >= 15 is 0 Å². The van der Waals surface area contributed by atoms with E-state index in [2.05, 4.69) is 77.8 Å². The Morgan fingerprint density at radius 1 is 0.918 bits per heavy atom. The molecule has 0 spiro atoms. The molecule has 3 saturated heterocycles. The third-order valence-electron chi connectivity index (χ3n) is 16.8. The fourth-order valence-corrected chi connectivity index (χ4v) is 13.1. The number of benzene rings is 4. The van der Waals surface area contributed by atoms with E-state index in [9.17, 15) is 37.7 Å². The molecule has 3 fully saturated rings. The molecule has 4 aliphatic heterocycles. The molecule has 4 N–H and O–H groups in total. The number of piperidine rings is 2. The van der Waals surface area contributed by atoms with Crippen molar-refractivity contribution in [1.29, 1.82) is 0 Å². The van der Waals surface area contributed by atoms with Crippen LogP contribution in [0.15, 0.2) is 114 Å². The van der Waals surface area contributed by atoms with Gasteiger partial charge in [-0.1, -0.05) is 55.0 Å². The Bertz CT molecular complexity index is 3780. The van der Waals surface area contributed by atoms with Crippen LogP contribution in [0.25, 0.3) is 16.6 Å². The van der Waals surface area contributed by atoms with Crippen molar-refractivity contribution in [2.45, 2.75) is 76.3 Å². The molecule has 0 saturated carbocycles. The van der Waals surface area contributed by atoms with Gasteiger partial charge in [-0.2, -0.15) is 0 Å². The van der Waals surface area contributed by atoms with E-state index in [-0.39, 0.29) is 59.7 Å². The molecule has 1 atom stereocenters. The molecular formula is C63H67ClN10O10S. The van der Waals surface area contributed by atoms with Crippen molar-refractivity contribution in [3.63, 3.8) is 0 Å². The Morgan fingerprint density at radius 2 is 1.72 bits per heavy atom. The number of allylic oxidation sites excluding steroid dienone is 1. The third kappa shape index (κ3) is 13.9. The monoisotopic (exact) mass is 1190 g/mol. The van der Waals surface area contributed by atoms with Crippen molar-refractivity contribution >= 4 is 78.9 Å². The van der Waals surface area contributed by atoms with E-state index in [0.717, 1.165) is 98.1 Å². The maximum Gasteiger partial charge on any atom is 0.293 e. The van der Waals surface area contributed by atoms with E-state index < -0.39 is 43.4 Å². The highest BCUT2D eigenvalue weighted by molar-refractivity contribution is 7.90. The van der Waals surface area contributed by atoms with Crippen LogP contribution in [0.5, 0.6) is 11.5 Å². The molecule has 22 heteroatoms. The lowest BCUT2D eigenvalue weighted by molar-refractivity contribution is -0.384. The Hall–Kier alpha value is -8.13. The first-order chi connectivity index (χ1) is 40.9. The maximum absolute atomic E-state index is 14.1. The molecule has 6 aromatic rings. The molecule has 20 nitrogen and oxygen atoms in total. The molecule has 1 unspecified atom stereocenters. The highest BCUT2D eigenvalue weighted by Crippen LogP contribution is 2.44. The lowest BCUT2D eigenvalue weighted by atomic mass is 9.72. The molecule has 6 heterocycles. The van der Waals surface area contributed by atoms with Gasteiger partial charge in [0.25, 0.3) is 27.5 Å². The minimum absolute atomic E-state index is 0.0600. The molecule has 0 bridgehead atoms. The first-order valence-corrected chi connectivity index (χ1v) is 30.6. The number of carbonyl (C=O) groups is 4. The molecule has 85 heavy (non-hydrogen) atoms. The summed E-state index contributed by atoms with van der Waals surface area (Å²) in [5.41, 5.74) is 7.40. The van der Waals surface area contributed by atoms with Crippen LogP contribution in [0.4, 0.5) is 17.1 Å². The molecule has 0 radical (unpaired) electrons. The fraction of sp³-hybridized carbons (Fsp3) is 0.381. The largest absolute Gasteiger partial charge is 0.455 e. The number of likely N-dealkylation sites (tertiary alicyclic amines) is 1. The van der Waals surface area contributed by atoms with Crippen LogP contribution in [0.1, 0.15) is 96.2 Å². The van der Waals surface area contributed by atoms with Crippen molar-refractivity contribution in [3.8, 4) is 23.3 Å². The number of nitrogens with one attached hydrogen (secondary N) is 4. The smallest absolute Gasteiger partial charge is 0.293 e. The number of carbonyl (C=O) groups excluding carboxylic acids is 4. The second-order valence-electron chi connectivity index (χ2n) is 23.2. The number of halogens is 1. The summed E-state index contributed by atoms with van der Waals surface area (Å²) in [4.78, 5) is 78.5. The summed E-state index contributed by atoms with van der Waals surface area (Å²) >= 11 is 6.27. The third-order valence-corrected chi connectivity index (χ3v) is 18.4. The highest BCUT2D eigenvalue weighted by Gasteiger charge is 2.39. The second-order valence-corrected chi connectivity index (χ2v) is 25.3. The van der Waals surface area contributed by atoms with Crippen LogP contribution in [-0.2, 0) is 30.9 Å². The summed E-state index contributed by atoms with van der Waals surface area (Å²) in [7, 11) is -4.63. The van der Waals surface area contributed by atoms with E-state index in [1.54, 1.807) is 36.5 Å². The van der Waals surface area contributed by atoms with E-state index in [0.29, 0.717) is 56.2 Å².